The molecule has 0 unspecified atom stereocenters. The van der Waals surface area contributed by atoms with Gasteiger partial charge in [0.1, 0.15) is 0 Å². The van der Waals surface area contributed by atoms with Crippen molar-refractivity contribution < 1.29 is 14.8 Å². The number of hydrogen-bond donors (Lipinski definition) is 1. The maximum atomic E-state index is 10.9. The summed E-state index contributed by atoms with van der Waals surface area (Å²) in [5, 5.41) is 20.6. The van der Waals surface area contributed by atoms with Gasteiger partial charge in [0.15, 0.2) is 5.75 Å². The molecule has 0 saturated carbocycles. The highest BCUT2D eigenvalue weighted by molar-refractivity contribution is 5.57. The molecule has 1 rings (SSSR count). The minimum absolute atomic E-state index is 0.0376. The van der Waals surface area contributed by atoms with Crippen LogP contribution in [0.1, 0.15) is 5.56 Å². The van der Waals surface area contributed by atoms with E-state index in [9.17, 15) is 15.2 Å². The van der Waals surface area contributed by atoms with E-state index in [1.807, 2.05) is 0 Å². The Labute approximate surface area is 117 Å². The molecule has 0 aliphatic heterocycles. The molecule has 0 amide bonds. The van der Waals surface area contributed by atoms with Gasteiger partial charge in [0, 0.05) is 12.6 Å². The molecule has 0 heterocycles. The number of nitrogens with zero attached hydrogens (tertiary/aromatic N) is 2. The lowest BCUT2D eigenvalue weighted by atomic mass is 10.1. The first-order valence-corrected chi connectivity index (χ1v) is 5.67. The number of aromatic hydroxyl groups is 1. The van der Waals surface area contributed by atoms with Gasteiger partial charge >= 0.3 is 5.69 Å². The zero-order valence-corrected chi connectivity index (χ0v) is 11.0. The Morgan fingerprint density at radius 3 is 2.45 bits per heavy atom. The van der Waals surface area contributed by atoms with Gasteiger partial charge in [0.25, 0.3) is 0 Å². The van der Waals surface area contributed by atoms with Gasteiger partial charge in [-0.15, -0.1) is 12.8 Å². The normalized spacial score (nSPS) is 9.80. The van der Waals surface area contributed by atoms with E-state index in [1.54, 1.807) is 4.90 Å². The summed E-state index contributed by atoms with van der Waals surface area (Å²) in [6.07, 6.45) is 10.5. The molecule has 104 valence electrons. The Hall–Kier alpha value is -2.70. The molecule has 0 aliphatic carbocycles. The van der Waals surface area contributed by atoms with Crippen LogP contribution in [0, 0.1) is 34.8 Å². The second-order valence-corrected chi connectivity index (χ2v) is 3.98. The molecule has 1 aromatic carbocycles. The summed E-state index contributed by atoms with van der Waals surface area (Å²) in [4.78, 5) is 12.0. The second-order valence-electron chi connectivity index (χ2n) is 3.98. The van der Waals surface area contributed by atoms with Crippen LogP contribution in [-0.2, 0) is 6.54 Å². The average molecular weight is 274 g/mol. The third-order valence-corrected chi connectivity index (χ3v) is 2.57. The van der Waals surface area contributed by atoms with Gasteiger partial charge in [-0.1, -0.05) is 11.8 Å². The summed E-state index contributed by atoms with van der Waals surface area (Å²) >= 11 is 0. The number of nitro benzene ring substituents is 1. The van der Waals surface area contributed by atoms with E-state index in [0.717, 1.165) is 0 Å². The summed E-state index contributed by atoms with van der Waals surface area (Å²) < 4.78 is 4.92. The molecule has 0 aliphatic rings. The highest BCUT2D eigenvalue weighted by atomic mass is 16.6. The van der Waals surface area contributed by atoms with Crippen LogP contribution in [0.3, 0.4) is 0 Å². The van der Waals surface area contributed by atoms with Crippen LogP contribution in [0.2, 0.25) is 0 Å². The van der Waals surface area contributed by atoms with Crippen molar-refractivity contribution in [2.75, 3.05) is 20.2 Å². The number of ether oxygens (including phenoxy) is 1. The third-order valence-electron chi connectivity index (χ3n) is 2.57. The maximum absolute atomic E-state index is 10.9. The number of phenolic OH excluding ortho intramolecular Hbond substituents is 1. The van der Waals surface area contributed by atoms with Crippen molar-refractivity contribution >= 4 is 5.69 Å². The van der Waals surface area contributed by atoms with Crippen molar-refractivity contribution in [2.24, 2.45) is 0 Å². The topological polar surface area (TPSA) is 75.8 Å². The summed E-state index contributed by atoms with van der Waals surface area (Å²) in [7, 11) is 1.32. The molecule has 1 N–H and O–H groups in total. The smallest absolute Gasteiger partial charge is 0.314 e. The van der Waals surface area contributed by atoms with Gasteiger partial charge in [-0.25, -0.2) is 0 Å². The zero-order valence-electron chi connectivity index (χ0n) is 11.0. The Kier molecular flexibility index (Phi) is 5.40. The van der Waals surface area contributed by atoms with E-state index >= 15 is 0 Å². The minimum atomic E-state index is -0.673. The van der Waals surface area contributed by atoms with E-state index in [2.05, 4.69) is 11.8 Å². The van der Waals surface area contributed by atoms with Crippen LogP contribution in [0.25, 0.3) is 0 Å². The number of rotatable bonds is 6. The number of methoxy groups -OCH3 is 1. The standard InChI is InChI=1S/C14H14N2O4/c1-4-6-15(7-5-2)10-11-8-12(16(18)19)14(17)13(9-11)20-3/h1-2,8-9,17H,6-7,10H2,3H3. The Morgan fingerprint density at radius 2 is 2.00 bits per heavy atom. The number of nitro groups is 1. The van der Waals surface area contributed by atoms with Crippen molar-refractivity contribution in [1.29, 1.82) is 0 Å². The molecular weight excluding hydrogens is 260 g/mol. The SMILES string of the molecule is C#CCN(CC#C)Cc1cc(OC)c(O)c([N+](=O)[O-])c1. The first-order chi connectivity index (χ1) is 9.53. The highest BCUT2D eigenvalue weighted by Gasteiger charge is 2.20. The summed E-state index contributed by atoms with van der Waals surface area (Å²) in [5.74, 6) is 4.47. The fourth-order valence-electron chi connectivity index (χ4n) is 1.72. The quantitative estimate of drug-likeness (QED) is 0.482. The molecule has 0 saturated heterocycles. The monoisotopic (exact) mass is 274 g/mol. The number of phenols is 1. The fourth-order valence-corrected chi connectivity index (χ4v) is 1.72. The van der Waals surface area contributed by atoms with Crippen molar-refractivity contribution in [3.8, 4) is 36.2 Å². The van der Waals surface area contributed by atoms with Gasteiger partial charge in [-0.2, -0.15) is 0 Å². The van der Waals surface area contributed by atoms with E-state index in [0.29, 0.717) is 25.2 Å². The minimum Gasteiger partial charge on any atom is -0.500 e. The molecule has 0 bridgehead atoms. The molecule has 0 atom stereocenters. The maximum Gasteiger partial charge on any atom is 0.314 e. The molecule has 0 radical (unpaired) electrons. The van der Waals surface area contributed by atoms with Gasteiger partial charge in [-0.3, -0.25) is 15.0 Å². The molecule has 0 fully saturated rings. The summed E-state index contributed by atoms with van der Waals surface area (Å²) in [6.45, 7) is 0.967. The average Bonchev–Trinajstić information content (AvgIpc) is 2.40. The van der Waals surface area contributed by atoms with Crippen LogP contribution in [-0.4, -0.2) is 35.1 Å². The lowest BCUT2D eigenvalue weighted by Crippen LogP contribution is -2.23. The van der Waals surface area contributed by atoms with Crippen molar-refractivity contribution in [3.63, 3.8) is 0 Å². The van der Waals surface area contributed by atoms with Crippen LogP contribution in [0.5, 0.6) is 11.5 Å². The van der Waals surface area contributed by atoms with E-state index < -0.39 is 16.4 Å². The van der Waals surface area contributed by atoms with Crippen LogP contribution < -0.4 is 4.74 Å². The van der Waals surface area contributed by atoms with E-state index in [-0.39, 0.29) is 5.75 Å². The molecular formula is C14H14N2O4. The molecule has 1 aromatic rings. The molecule has 0 aromatic heterocycles. The van der Waals surface area contributed by atoms with Crippen LogP contribution in [0.15, 0.2) is 12.1 Å². The van der Waals surface area contributed by atoms with Gasteiger partial charge < -0.3 is 9.84 Å². The Morgan fingerprint density at radius 1 is 1.40 bits per heavy atom. The highest BCUT2D eigenvalue weighted by Crippen LogP contribution is 2.37. The van der Waals surface area contributed by atoms with Crippen molar-refractivity contribution in [2.45, 2.75) is 6.54 Å². The number of hydrogen-bond acceptors (Lipinski definition) is 5. The van der Waals surface area contributed by atoms with Crippen molar-refractivity contribution in [1.82, 2.24) is 4.90 Å². The molecule has 20 heavy (non-hydrogen) atoms. The zero-order chi connectivity index (χ0) is 15.1. The van der Waals surface area contributed by atoms with Gasteiger partial charge in [0.05, 0.1) is 25.1 Å². The Balaban J connectivity index is 3.12. The predicted molar refractivity (Wildman–Crippen MR) is 74.3 cm³/mol. The summed E-state index contributed by atoms with van der Waals surface area (Å²) in [5.41, 5.74) is 0.164. The van der Waals surface area contributed by atoms with Gasteiger partial charge in [0.2, 0.25) is 5.75 Å². The van der Waals surface area contributed by atoms with E-state index in [4.69, 9.17) is 17.6 Å². The lowest BCUT2D eigenvalue weighted by Gasteiger charge is -2.17. The molecule has 6 heteroatoms. The lowest BCUT2D eigenvalue weighted by molar-refractivity contribution is -0.386. The van der Waals surface area contributed by atoms with E-state index in [1.165, 1.54) is 19.2 Å². The third kappa shape index (κ3) is 3.64. The largest absolute Gasteiger partial charge is 0.500 e. The first kappa shape index (κ1) is 15.4. The summed E-state index contributed by atoms with van der Waals surface area (Å²) in [6, 6.07) is 2.79. The van der Waals surface area contributed by atoms with Crippen LogP contribution in [0.4, 0.5) is 5.69 Å². The predicted octanol–water partition coefficient (Wildman–Crippen LogP) is 1.38. The number of terminal acetylenes is 2. The fraction of sp³-hybridized carbons (Fsp3) is 0.286. The molecule has 0 spiro atoms. The van der Waals surface area contributed by atoms with Gasteiger partial charge in [-0.05, 0) is 11.6 Å². The van der Waals surface area contributed by atoms with Crippen molar-refractivity contribution in [3.05, 3.63) is 27.8 Å². The Bertz CT molecular complexity index is 568. The second kappa shape index (κ2) is 7.03. The first-order valence-electron chi connectivity index (χ1n) is 5.67. The van der Waals surface area contributed by atoms with Crippen LogP contribution >= 0.6 is 0 Å². The molecule has 6 nitrogen and oxygen atoms in total. The number of benzene rings is 1.